The third-order valence-corrected chi connectivity index (χ3v) is 1.73. The molecule has 0 N–H and O–H groups in total. The number of carbonyl (C=O) groups excluding carboxylic acids is 1. The van der Waals surface area contributed by atoms with Crippen LogP contribution in [0.4, 0.5) is 4.39 Å². The minimum Gasteiger partial charge on any atom is -0.497 e. The van der Waals surface area contributed by atoms with Gasteiger partial charge in [0.2, 0.25) is 0 Å². The first kappa shape index (κ1) is 11.2. The van der Waals surface area contributed by atoms with Crippen LogP contribution in [0.1, 0.15) is 10.4 Å². The van der Waals surface area contributed by atoms with Crippen LogP contribution in [-0.4, -0.2) is 19.7 Å². The van der Waals surface area contributed by atoms with Gasteiger partial charge in [0.1, 0.15) is 18.2 Å². The number of halogens is 1. The number of hydrogen-bond donors (Lipinski definition) is 0. The number of methoxy groups -OCH3 is 1. The molecule has 4 heteroatoms. The largest absolute Gasteiger partial charge is 0.497 e. The summed E-state index contributed by atoms with van der Waals surface area (Å²) in [5.41, 5.74) is -0.113. The van der Waals surface area contributed by atoms with Crippen molar-refractivity contribution in [2.24, 2.45) is 0 Å². The first-order valence-corrected chi connectivity index (χ1v) is 4.30. The molecular weight excluding hydrogens is 199 g/mol. The van der Waals surface area contributed by atoms with E-state index in [4.69, 9.17) is 9.47 Å². The predicted octanol–water partition coefficient (Wildman–Crippen LogP) is 2.18. The summed E-state index contributed by atoms with van der Waals surface area (Å²) in [7, 11) is 1.42. The molecule has 0 aliphatic heterocycles. The van der Waals surface area contributed by atoms with E-state index in [2.05, 4.69) is 6.58 Å². The lowest BCUT2D eigenvalue weighted by Gasteiger charge is -2.04. The smallest absolute Gasteiger partial charge is 0.341 e. The fourth-order valence-corrected chi connectivity index (χ4v) is 1.00. The van der Waals surface area contributed by atoms with E-state index < -0.39 is 11.8 Å². The quantitative estimate of drug-likeness (QED) is 0.564. The molecule has 3 nitrogen and oxygen atoms in total. The van der Waals surface area contributed by atoms with Crippen LogP contribution in [-0.2, 0) is 4.74 Å². The van der Waals surface area contributed by atoms with Crippen molar-refractivity contribution in [1.29, 1.82) is 0 Å². The Bertz CT molecular complexity index is 374. The van der Waals surface area contributed by atoms with Gasteiger partial charge in [-0.1, -0.05) is 12.7 Å². The van der Waals surface area contributed by atoms with E-state index in [0.29, 0.717) is 5.75 Å². The number of esters is 1. The fourth-order valence-electron chi connectivity index (χ4n) is 1.00. The minimum absolute atomic E-state index is 0.0598. The van der Waals surface area contributed by atoms with Crippen LogP contribution < -0.4 is 4.74 Å². The maximum Gasteiger partial charge on any atom is 0.341 e. The first-order chi connectivity index (χ1) is 7.19. The molecule has 0 spiro atoms. The molecule has 0 saturated carbocycles. The van der Waals surface area contributed by atoms with Gasteiger partial charge in [-0.2, -0.15) is 0 Å². The van der Waals surface area contributed by atoms with Gasteiger partial charge in [-0.25, -0.2) is 9.18 Å². The summed E-state index contributed by atoms with van der Waals surface area (Å²) in [5.74, 6) is -1.02. The lowest BCUT2D eigenvalue weighted by atomic mass is 10.2. The normalized spacial score (nSPS) is 9.47. The zero-order valence-corrected chi connectivity index (χ0v) is 8.33. The van der Waals surface area contributed by atoms with Crippen LogP contribution in [0, 0.1) is 5.82 Å². The van der Waals surface area contributed by atoms with E-state index in [1.54, 1.807) is 0 Å². The molecule has 1 rings (SSSR count). The average Bonchev–Trinajstić information content (AvgIpc) is 2.25. The van der Waals surface area contributed by atoms with E-state index in [9.17, 15) is 9.18 Å². The molecule has 0 aliphatic carbocycles. The summed E-state index contributed by atoms with van der Waals surface area (Å²) in [6.07, 6.45) is 1.42. The van der Waals surface area contributed by atoms with Gasteiger partial charge in [0, 0.05) is 6.07 Å². The lowest BCUT2D eigenvalue weighted by Crippen LogP contribution is -2.07. The third kappa shape index (κ3) is 2.80. The van der Waals surface area contributed by atoms with Gasteiger partial charge in [0.25, 0.3) is 0 Å². The highest BCUT2D eigenvalue weighted by molar-refractivity contribution is 5.89. The van der Waals surface area contributed by atoms with Crippen molar-refractivity contribution in [1.82, 2.24) is 0 Å². The second-order valence-electron chi connectivity index (χ2n) is 2.73. The zero-order chi connectivity index (χ0) is 11.3. The average molecular weight is 210 g/mol. The number of ether oxygens (including phenoxy) is 2. The molecule has 0 heterocycles. The van der Waals surface area contributed by atoms with Gasteiger partial charge in [-0.05, 0) is 12.1 Å². The molecule has 15 heavy (non-hydrogen) atoms. The Morgan fingerprint density at radius 2 is 2.33 bits per heavy atom. The van der Waals surface area contributed by atoms with Crippen molar-refractivity contribution in [2.75, 3.05) is 13.7 Å². The molecule has 0 aromatic heterocycles. The highest BCUT2D eigenvalue weighted by Crippen LogP contribution is 2.16. The molecular formula is C11H11FO3. The predicted molar refractivity (Wildman–Crippen MR) is 53.4 cm³/mol. The molecule has 0 unspecified atom stereocenters. The van der Waals surface area contributed by atoms with Crippen molar-refractivity contribution in [3.63, 3.8) is 0 Å². The van der Waals surface area contributed by atoms with Gasteiger partial charge in [-0.3, -0.25) is 0 Å². The Balaban J connectivity index is 2.85. The van der Waals surface area contributed by atoms with Crippen LogP contribution in [0.3, 0.4) is 0 Å². The first-order valence-electron chi connectivity index (χ1n) is 4.30. The van der Waals surface area contributed by atoms with Crippen molar-refractivity contribution in [2.45, 2.75) is 0 Å². The molecule has 1 aromatic rings. The SMILES string of the molecule is C=CCOC(=O)c1ccc(OC)cc1F. The molecule has 0 amide bonds. The second-order valence-corrected chi connectivity index (χ2v) is 2.73. The maximum atomic E-state index is 13.3. The van der Waals surface area contributed by atoms with Crippen LogP contribution in [0.15, 0.2) is 30.9 Å². The molecule has 1 aromatic carbocycles. The van der Waals surface area contributed by atoms with Gasteiger partial charge < -0.3 is 9.47 Å². The Hall–Kier alpha value is -1.84. The molecule has 0 fully saturated rings. The topological polar surface area (TPSA) is 35.5 Å². The summed E-state index contributed by atoms with van der Waals surface area (Å²) in [5, 5.41) is 0. The lowest BCUT2D eigenvalue weighted by molar-refractivity contribution is 0.0544. The fraction of sp³-hybridized carbons (Fsp3) is 0.182. The van der Waals surface area contributed by atoms with E-state index >= 15 is 0 Å². The Morgan fingerprint density at radius 1 is 1.60 bits per heavy atom. The van der Waals surface area contributed by atoms with E-state index in [-0.39, 0.29) is 12.2 Å². The minimum atomic E-state index is -0.713. The van der Waals surface area contributed by atoms with Crippen molar-refractivity contribution in [3.05, 3.63) is 42.2 Å². The molecule has 0 atom stereocenters. The number of rotatable bonds is 4. The van der Waals surface area contributed by atoms with Crippen molar-refractivity contribution < 1.29 is 18.7 Å². The van der Waals surface area contributed by atoms with Crippen molar-refractivity contribution in [3.8, 4) is 5.75 Å². The Kier molecular flexibility index (Phi) is 3.85. The summed E-state index contributed by atoms with van der Waals surface area (Å²) in [4.78, 5) is 11.3. The monoisotopic (exact) mass is 210 g/mol. The molecule has 80 valence electrons. The maximum absolute atomic E-state index is 13.3. The van der Waals surface area contributed by atoms with E-state index in [1.165, 1.54) is 25.3 Å². The van der Waals surface area contributed by atoms with Crippen LogP contribution in [0.25, 0.3) is 0 Å². The number of hydrogen-bond acceptors (Lipinski definition) is 3. The third-order valence-electron chi connectivity index (χ3n) is 1.73. The summed E-state index contributed by atoms with van der Waals surface area (Å²) < 4.78 is 22.8. The molecule has 0 saturated heterocycles. The second kappa shape index (κ2) is 5.14. The summed E-state index contributed by atoms with van der Waals surface area (Å²) in [6, 6.07) is 3.94. The Morgan fingerprint density at radius 3 is 2.87 bits per heavy atom. The highest BCUT2D eigenvalue weighted by Gasteiger charge is 2.13. The van der Waals surface area contributed by atoms with Gasteiger partial charge in [-0.15, -0.1) is 0 Å². The number of benzene rings is 1. The van der Waals surface area contributed by atoms with E-state index in [1.807, 2.05) is 0 Å². The summed E-state index contributed by atoms with van der Waals surface area (Å²) >= 11 is 0. The molecule has 0 bridgehead atoms. The van der Waals surface area contributed by atoms with Crippen LogP contribution >= 0.6 is 0 Å². The van der Waals surface area contributed by atoms with Gasteiger partial charge in [0.05, 0.1) is 12.7 Å². The van der Waals surface area contributed by atoms with Gasteiger partial charge >= 0.3 is 5.97 Å². The Labute approximate surface area is 87.1 Å². The van der Waals surface area contributed by atoms with Crippen LogP contribution in [0.2, 0.25) is 0 Å². The van der Waals surface area contributed by atoms with Gasteiger partial charge in [0.15, 0.2) is 0 Å². The number of carbonyl (C=O) groups is 1. The van der Waals surface area contributed by atoms with E-state index in [0.717, 1.165) is 6.07 Å². The highest BCUT2D eigenvalue weighted by atomic mass is 19.1. The molecule has 0 radical (unpaired) electrons. The van der Waals surface area contributed by atoms with Crippen LogP contribution in [0.5, 0.6) is 5.75 Å². The molecule has 0 aliphatic rings. The zero-order valence-electron chi connectivity index (χ0n) is 8.33. The standard InChI is InChI=1S/C11H11FO3/c1-3-6-15-11(13)9-5-4-8(14-2)7-10(9)12/h3-5,7H,1,6H2,2H3. The van der Waals surface area contributed by atoms with Crippen molar-refractivity contribution >= 4 is 5.97 Å². The summed E-state index contributed by atoms with van der Waals surface area (Å²) in [6.45, 7) is 3.44.